The molecule has 0 unspecified atom stereocenters. The van der Waals surface area contributed by atoms with E-state index in [-0.39, 0.29) is 11.6 Å². The van der Waals surface area contributed by atoms with E-state index in [9.17, 15) is 4.79 Å². The Hall–Kier alpha value is -3.25. The summed E-state index contributed by atoms with van der Waals surface area (Å²) in [4.78, 5) is 23.9. The summed E-state index contributed by atoms with van der Waals surface area (Å²) in [7, 11) is 0. The highest BCUT2D eigenvalue weighted by Gasteiger charge is 2.14. The first-order chi connectivity index (χ1) is 14.1. The Labute approximate surface area is 171 Å². The number of pyridine rings is 1. The van der Waals surface area contributed by atoms with Crippen LogP contribution >= 0.6 is 0 Å². The van der Waals surface area contributed by atoms with Crippen molar-refractivity contribution in [2.75, 3.05) is 35.6 Å². The molecule has 2 aromatic heterocycles. The predicted octanol–water partition coefficient (Wildman–Crippen LogP) is 2.88. The second-order valence-corrected chi connectivity index (χ2v) is 6.39. The predicted molar refractivity (Wildman–Crippen MR) is 114 cm³/mol. The van der Waals surface area contributed by atoms with Crippen LogP contribution in [0.3, 0.4) is 0 Å². The van der Waals surface area contributed by atoms with E-state index in [0.717, 1.165) is 38.2 Å². The van der Waals surface area contributed by atoms with E-state index in [1.807, 2.05) is 26.0 Å². The highest BCUT2D eigenvalue weighted by Crippen LogP contribution is 2.26. The van der Waals surface area contributed by atoms with E-state index < -0.39 is 0 Å². The quantitative estimate of drug-likeness (QED) is 0.587. The molecule has 1 fully saturated rings. The minimum Gasteiger partial charge on any atom is -0.383 e. The van der Waals surface area contributed by atoms with Crippen LogP contribution in [0.25, 0.3) is 0 Å². The molecule has 3 heterocycles. The molecule has 9 nitrogen and oxygen atoms in total. The van der Waals surface area contributed by atoms with Crippen molar-refractivity contribution in [1.82, 2.24) is 20.3 Å². The zero-order valence-electron chi connectivity index (χ0n) is 17.1. The molecule has 29 heavy (non-hydrogen) atoms. The number of hydrogen-bond donors (Lipinski definition) is 4. The fourth-order valence-electron chi connectivity index (χ4n) is 2.88. The Bertz CT molecular complexity index is 825. The first kappa shape index (κ1) is 22.0. The van der Waals surface area contributed by atoms with Crippen molar-refractivity contribution in [3.05, 3.63) is 30.4 Å². The number of nitrogens with one attached hydrogen (secondary N) is 4. The van der Waals surface area contributed by atoms with E-state index in [1.165, 1.54) is 19.3 Å². The molecular formula is C20H28N8O. The molecule has 9 heteroatoms. The smallest absolute Gasteiger partial charge is 0.221 e. The van der Waals surface area contributed by atoms with Crippen LogP contribution in [0.2, 0.25) is 0 Å². The van der Waals surface area contributed by atoms with Crippen LogP contribution < -0.4 is 21.3 Å². The minimum absolute atomic E-state index is 0.152. The third kappa shape index (κ3) is 7.01. The summed E-state index contributed by atoms with van der Waals surface area (Å²) in [6.07, 6.45) is 6.72. The summed E-state index contributed by atoms with van der Waals surface area (Å²) in [5.41, 5.74) is 1.68. The minimum atomic E-state index is -0.152. The standard InChI is InChI=1S/C18H22N8O.C2H6/c1-12(27)25-16-10-24-17(26-18-11-21-14(7-19)9-23-18)6-15(16)22-8-13-2-4-20-5-3-13;1-2/h6,9-11,13,20H,2-5,8H2,1H3,(H,25,27)(H2,22,23,24,26);1-2H3. The number of carbonyl (C=O) groups is 1. The topological polar surface area (TPSA) is 128 Å². The largest absolute Gasteiger partial charge is 0.383 e. The van der Waals surface area contributed by atoms with E-state index >= 15 is 0 Å². The number of rotatable bonds is 6. The summed E-state index contributed by atoms with van der Waals surface area (Å²) in [5.74, 6) is 1.49. The molecule has 1 amide bonds. The van der Waals surface area contributed by atoms with Crippen LogP contribution in [-0.2, 0) is 4.79 Å². The molecule has 1 aliphatic heterocycles. The van der Waals surface area contributed by atoms with Crippen molar-refractivity contribution in [2.45, 2.75) is 33.6 Å². The zero-order chi connectivity index (χ0) is 21.1. The molecule has 1 aliphatic rings. The SMILES string of the molecule is CC.CC(=O)Nc1cnc(Nc2cnc(C#N)cn2)cc1NCC1CCNCC1. The first-order valence-electron chi connectivity index (χ1n) is 9.85. The third-order valence-electron chi connectivity index (χ3n) is 4.28. The highest BCUT2D eigenvalue weighted by atomic mass is 16.1. The maximum absolute atomic E-state index is 11.5. The lowest BCUT2D eigenvalue weighted by Crippen LogP contribution is -2.31. The molecule has 1 saturated heterocycles. The van der Waals surface area contributed by atoms with Crippen LogP contribution in [0.15, 0.2) is 24.7 Å². The summed E-state index contributed by atoms with van der Waals surface area (Å²) in [5, 5.41) is 21.4. The number of piperidine rings is 1. The molecular weight excluding hydrogens is 368 g/mol. The third-order valence-corrected chi connectivity index (χ3v) is 4.28. The van der Waals surface area contributed by atoms with Crippen LogP contribution in [-0.4, -0.2) is 40.5 Å². The first-order valence-corrected chi connectivity index (χ1v) is 9.85. The Morgan fingerprint density at radius 3 is 2.48 bits per heavy atom. The van der Waals surface area contributed by atoms with Gasteiger partial charge >= 0.3 is 0 Å². The second-order valence-electron chi connectivity index (χ2n) is 6.39. The normalized spacial score (nSPS) is 13.4. The lowest BCUT2D eigenvalue weighted by atomic mass is 9.98. The van der Waals surface area contributed by atoms with Crippen molar-refractivity contribution >= 4 is 28.9 Å². The Morgan fingerprint density at radius 2 is 1.86 bits per heavy atom. The molecule has 0 radical (unpaired) electrons. The lowest BCUT2D eigenvalue weighted by Gasteiger charge is -2.24. The average molecular weight is 396 g/mol. The second kappa shape index (κ2) is 11.6. The lowest BCUT2D eigenvalue weighted by molar-refractivity contribution is -0.114. The van der Waals surface area contributed by atoms with Crippen LogP contribution in [0, 0.1) is 17.2 Å². The number of hydrogen-bond acceptors (Lipinski definition) is 8. The maximum atomic E-state index is 11.5. The monoisotopic (exact) mass is 396 g/mol. The van der Waals surface area contributed by atoms with Gasteiger partial charge in [0.2, 0.25) is 5.91 Å². The molecule has 154 valence electrons. The number of carbonyl (C=O) groups excluding carboxylic acids is 1. The van der Waals surface area contributed by atoms with Gasteiger partial charge in [0.05, 0.1) is 30.0 Å². The fourth-order valence-corrected chi connectivity index (χ4v) is 2.88. The molecule has 0 aromatic carbocycles. The van der Waals surface area contributed by atoms with Gasteiger partial charge in [-0.15, -0.1) is 0 Å². The van der Waals surface area contributed by atoms with E-state index in [1.54, 1.807) is 6.20 Å². The summed E-state index contributed by atoms with van der Waals surface area (Å²) >= 11 is 0. The zero-order valence-corrected chi connectivity index (χ0v) is 17.1. The molecule has 3 rings (SSSR count). The van der Waals surface area contributed by atoms with Gasteiger partial charge in [-0.3, -0.25) is 4.79 Å². The number of nitrogens with zero attached hydrogens (tertiary/aromatic N) is 4. The Balaban J connectivity index is 0.00000145. The van der Waals surface area contributed by atoms with E-state index in [4.69, 9.17) is 5.26 Å². The molecule has 0 saturated carbocycles. The number of anilines is 4. The molecule has 0 aliphatic carbocycles. The molecule has 4 N–H and O–H groups in total. The van der Waals surface area contributed by atoms with Gasteiger partial charge < -0.3 is 21.3 Å². The van der Waals surface area contributed by atoms with Gasteiger partial charge in [-0.05, 0) is 31.8 Å². The van der Waals surface area contributed by atoms with Crippen molar-refractivity contribution in [3.8, 4) is 6.07 Å². The van der Waals surface area contributed by atoms with Gasteiger partial charge in [-0.25, -0.2) is 15.0 Å². The number of nitriles is 1. The molecule has 0 atom stereocenters. The van der Waals surface area contributed by atoms with Crippen LogP contribution in [0.1, 0.15) is 39.3 Å². The van der Waals surface area contributed by atoms with Crippen molar-refractivity contribution in [1.29, 1.82) is 5.26 Å². The van der Waals surface area contributed by atoms with Crippen molar-refractivity contribution in [2.24, 2.45) is 5.92 Å². The van der Waals surface area contributed by atoms with Gasteiger partial charge in [0.1, 0.15) is 17.7 Å². The van der Waals surface area contributed by atoms with Gasteiger partial charge in [0.25, 0.3) is 0 Å². The summed E-state index contributed by atoms with van der Waals surface area (Å²) < 4.78 is 0. The Kier molecular flexibility index (Phi) is 8.79. The molecule has 0 bridgehead atoms. The van der Waals surface area contributed by atoms with Crippen molar-refractivity contribution in [3.63, 3.8) is 0 Å². The number of amides is 1. The Morgan fingerprint density at radius 1 is 1.14 bits per heavy atom. The summed E-state index contributed by atoms with van der Waals surface area (Å²) in [6, 6.07) is 3.75. The highest BCUT2D eigenvalue weighted by molar-refractivity contribution is 5.92. The summed E-state index contributed by atoms with van der Waals surface area (Å²) in [6.45, 7) is 8.36. The van der Waals surface area contributed by atoms with Gasteiger partial charge in [-0.2, -0.15) is 5.26 Å². The van der Waals surface area contributed by atoms with E-state index in [2.05, 4.69) is 36.2 Å². The van der Waals surface area contributed by atoms with Crippen molar-refractivity contribution < 1.29 is 4.79 Å². The fraction of sp³-hybridized carbons (Fsp3) is 0.450. The average Bonchev–Trinajstić information content (AvgIpc) is 2.76. The number of aromatic nitrogens is 3. The maximum Gasteiger partial charge on any atom is 0.221 e. The van der Waals surface area contributed by atoms with E-state index in [0.29, 0.717) is 23.2 Å². The molecule has 2 aromatic rings. The van der Waals surface area contributed by atoms with Gasteiger partial charge in [-0.1, -0.05) is 13.8 Å². The molecule has 0 spiro atoms. The van der Waals surface area contributed by atoms with Gasteiger partial charge in [0, 0.05) is 19.5 Å². The van der Waals surface area contributed by atoms with Crippen LogP contribution in [0.4, 0.5) is 23.0 Å². The van der Waals surface area contributed by atoms with Crippen LogP contribution in [0.5, 0.6) is 0 Å². The van der Waals surface area contributed by atoms with Gasteiger partial charge in [0.15, 0.2) is 5.69 Å².